The van der Waals surface area contributed by atoms with Crippen LogP contribution in [0.4, 0.5) is 0 Å². The number of amides is 1. The lowest BCUT2D eigenvalue weighted by atomic mass is 9.97. The van der Waals surface area contributed by atoms with Crippen molar-refractivity contribution < 1.29 is 13.9 Å². The van der Waals surface area contributed by atoms with E-state index >= 15 is 0 Å². The van der Waals surface area contributed by atoms with Crippen LogP contribution < -0.4 is 10.1 Å². The van der Waals surface area contributed by atoms with Crippen molar-refractivity contribution >= 4 is 21.8 Å². The van der Waals surface area contributed by atoms with E-state index in [-0.39, 0.29) is 23.3 Å². The van der Waals surface area contributed by atoms with Gasteiger partial charge in [0.25, 0.3) is 0 Å². The summed E-state index contributed by atoms with van der Waals surface area (Å²) < 4.78 is 12.2. The first-order valence-electron chi connectivity index (χ1n) is 7.91. The summed E-state index contributed by atoms with van der Waals surface area (Å²) in [4.78, 5) is 12.5. The number of nitrogens with one attached hydrogen (secondary N) is 1. The molecule has 1 aliphatic heterocycles. The molecule has 7 heteroatoms. The van der Waals surface area contributed by atoms with E-state index in [2.05, 4.69) is 31.4 Å². The van der Waals surface area contributed by atoms with Gasteiger partial charge in [0.15, 0.2) is 0 Å². The summed E-state index contributed by atoms with van der Waals surface area (Å²) in [5, 5.41) is 10.8. The Kier molecular flexibility index (Phi) is 4.62. The van der Waals surface area contributed by atoms with E-state index < -0.39 is 0 Å². The number of benzene rings is 1. The highest BCUT2D eigenvalue weighted by molar-refractivity contribution is 9.10. The van der Waals surface area contributed by atoms with Gasteiger partial charge in [0.2, 0.25) is 5.89 Å². The molecule has 2 aromatic rings. The molecular formula is C17H20BrN3O3. The zero-order valence-electron chi connectivity index (χ0n) is 13.9. The number of carbonyl (C=O) groups is 1. The molecule has 0 saturated heterocycles. The number of nitrogens with zero attached hydrogens (tertiary/aromatic N) is 2. The Morgan fingerprint density at radius 2 is 2.12 bits per heavy atom. The molecule has 0 fully saturated rings. The Labute approximate surface area is 149 Å². The minimum absolute atomic E-state index is 0.0104. The monoisotopic (exact) mass is 393 g/mol. The predicted molar refractivity (Wildman–Crippen MR) is 92.1 cm³/mol. The van der Waals surface area contributed by atoms with Crippen LogP contribution in [0.15, 0.2) is 27.1 Å². The molecule has 0 aliphatic carbocycles. The lowest BCUT2D eigenvalue weighted by Gasteiger charge is -2.17. The maximum atomic E-state index is 12.5. The van der Waals surface area contributed by atoms with Crippen LogP contribution in [0.3, 0.4) is 0 Å². The molecule has 3 rings (SSSR count). The molecule has 0 bridgehead atoms. The second kappa shape index (κ2) is 6.55. The topological polar surface area (TPSA) is 77.2 Å². The second-order valence-corrected chi connectivity index (χ2v) is 7.78. The zero-order valence-corrected chi connectivity index (χ0v) is 15.5. The van der Waals surface area contributed by atoms with Gasteiger partial charge in [-0.2, -0.15) is 0 Å². The number of rotatable bonds is 2. The SMILES string of the molecule is CC(C)(C)c1nnc(C(=O)NC2CCCOc3cc(Br)ccc32)o1. The van der Waals surface area contributed by atoms with E-state index in [0.717, 1.165) is 28.6 Å². The highest BCUT2D eigenvalue weighted by Crippen LogP contribution is 2.34. The molecule has 24 heavy (non-hydrogen) atoms. The third-order valence-electron chi connectivity index (χ3n) is 3.81. The minimum Gasteiger partial charge on any atom is -0.493 e. The molecule has 0 saturated carbocycles. The van der Waals surface area contributed by atoms with Crippen molar-refractivity contribution in [2.24, 2.45) is 0 Å². The van der Waals surface area contributed by atoms with Crippen molar-refractivity contribution in [2.45, 2.75) is 45.1 Å². The van der Waals surface area contributed by atoms with Crippen LogP contribution in [0.5, 0.6) is 5.75 Å². The van der Waals surface area contributed by atoms with Gasteiger partial charge < -0.3 is 14.5 Å². The summed E-state index contributed by atoms with van der Waals surface area (Å²) >= 11 is 3.44. The molecule has 1 aliphatic rings. The number of hydrogen-bond donors (Lipinski definition) is 1. The maximum Gasteiger partial charge on any atom is 0.309 e. The highest BCUT2D eigenvalue weighted by atomic mass is 79.9. The lowest BCUT2D eigenvalue weighted by Crippen LogP contribution is -2.28. The van der Waals surface area contributed by atoms with Gasteiger partial charge in [-0.15, -0.1) is 10.2 Å². The van der Waals surface area contributed by atoms with Crippen molar-refractivity contribution in [1.82, 2.24) is 15.5 Å². The van der Waals surface area contributed by atoms with Gasteiger partial charge in [-0.25, -0.2) is 0 Å². The van der Waals surface area contributed by atoms with Crippen LogP contribution >= 0.6 is 15.9 Å². The van der Waals surface area contributed by atoms with Gasteiger partial charge in [-0.1, -0.05) is 42.8 Å². The average molecular weight is 394 g/mol. The van der Waals surface area contributed by atoms with E-state index in [9.17, 15) is 4.79 Å². The van der Waals surface area contributed by atoms with Crippen LogP contribution in [0.2, 0.25) is 0 Å². The third-order valence-corrected chi connectivity index (χ3v) is 4.31. The molecule has 128 valence electrons. The van der Waals surface area contributed by atoms with Gasteiger partial charge in [0.05, 0.1) is 12.6 Å². The van der Waals surface area contributed by atoms with Crippen molar-refractivity contribution in [3.05, 3.63) is 40.0 Å². The van der Waals surface area contributed by atoms with Gasteiger partial charge in [-0.3, -0.25) is 4.79 Å². The molecule has 0 spiro atoms. The molecule has 2 heterocycles. The molecule has 1 atom stereocenters. The van der Waals surface area contributed by atoms with Crippen LogP contribution in [0.25, 0.3) is 0 Å². The molecule has 1 N–H and O–H groups in total. The van der Waals surface area contributed by atoms with Crippen molar-refractivity contribution in [3.8, 4) is 5.75 Å². The van der Waals surface area contributed by atoms with Crippen molar-refractivity contribution in [1.29, 1.82) is 0 Å². The van der Waals surface area contributed by atoms with Crippen LogP contribution in [-0.2, 0) is 5.41 Å². The largest absolute Gasteiger partial charge is 0.493 e. The van der Waals surface area contributed by atoms with E-state index in [0.29, 0.717) is 12.5 Å². The second-order valence-electron chi connectivity index (χ2n) is 6.86. The number of aromatic nitrogens is 2. The Morgan fingerprint density at radius 3 is 2.83 bits per heavy atom. The number of hydrogen-bond acceptors (Lipinski definition) is 5. The number of ether oxygens (including phenoxy) is 1. The maximum absolute atomic E-state index is 12.5. The summed E-state index contributed by atoms with van der Waals surface area (Å²) in [5.74, 6) is 0.858. The molecular weight excluding hydrogens is 374 g/mol. The molecule has 0 radical (unpaired) electrons. The van der Waals surface area contributed by atoms with Crippen LogP contribution in [0, 0.1) is 0 Å². The van der Waals surface area contributed by atoms with E-state index in [1.54, 1.807) is 0 Å². The fourth-order valence-corrected chi connectivity index (χ4v) is 2.87. The molecule has 1 aromatic carbocycles. The fourth-order valence-electron chi connectivity index (χ4n) is 2.53. The first-order chi connectivity index (χ1) is 11.3. The van der Waals surface area contributed by atoms with E-state index in [1.807, 2.05) is 39.0 Å². The first kappa shape index (κ1) is 17.0. The number of halogens is 1. The zero-order chi connectivity index (χ0) is 17.3. The summed E-state index contributed by atoms with van der Waals surface area (Å²) in [5.41, 5.74) is 0.667. The minimum atomic E-state index is -0.362. The smallest absolute Gasteiger partial charge is 0.309 e. The average Bonchev–Trinajstić information content (AvgIpc) is 2.93. The molecule has 1 aromatic heterocycles. The number of fused-ring (bicyclic) bond motifs is 1. The van der Waals surface area contributed by atoms with Crippen molar-refractivity contribution in [3.63, 3.8) is 0 Å². The van der Waals surface area contributed by atoms with Crippen LogP contribution in [-0.4, -0.2) is 22.7 Å². The molecule has 6 nitrogen and oxygen atoms in total. The van der Waals surface area contributed by atoms with Crippen molar-refractivity contribution in [2.75, 3.05) is 6.61 Å². The Balaban J connectivity index is 1.81. The standard InChI is InChI=1S/C17H20BrN3O3/c1-17(2,3)16-21-20-15(24-16)14(22)19-12-5-4-8-23-13-9-10(18)6-7-11(12)13/h6-7,9,12H,4-5,8H2,1-3H3,(H,19,22). The number of carbonyl (C=O) groups excluding carboxylic acids is 1. The summed E-state index contributed by atoms with van der Waals surface area (Å²) in [6, 6.07) is 5.68. The fraction of sp³-hybridized carbons (Fsp3) is 0.471. The summed E-state index contributed by atoms with van der Waals surface area (Å²) in [7, 11) is 0. The molecule has 1 amide bonds. The Morgan fingerprint density at radius 1 is 1.33 bits per heavy atom. The van der Waals surface area contributed by atoms with E-state index in [4.69, 9.17) is 9.15 Å². The molecule has 1 unspecified atom stereocenters. The highest BCUT2D eigenvalue weighted by Gasteiger charge is 2.27. The third kappa shape index (κ3) is 3.61. The van der Waals surface area contributed by atoms with Gasteiger partial charge in [0, 0.05) is 15.5 Å². The normalized spacial score (nSPS) is 17.6. The summed E-state index contributed by atoms with van der Waals surface area (Å²) in [6.07, 6.45) is 1.65. The van der Waals surface area contributed by atoms with E-state index in [1.165, 1.54) is 0 Å². The summed E-state index contributed by atoms with van der Waals surface area (Å²) in [6.45, 7) is 6.50. The van der Waals surface area contributed by atoms with Gasteiger partial charge in [0.1, 0.15) is 5.75 Å². The quantitative estimate of drug-likeness (QED) is 0.839. The van der Waals surface area contributed by atoms with Gasteiger partial charge >= 0.3 is 11.8 Å². The Hall–Kier alpha value is -1.89. The Bertz CT molecular complexity index is 752. The lowest BCUT2D eigenvalue weighted by molar-refractivity contribution is 0.0896. The van der Waals surface area contributed by atoms with Gasteiger partial charge in [-0.05, 0) is 25.0 Å². The van der Waals surface area contributed by atoms with Crippen LogP contribution in [0.1, 0.15) is 61.8 Å². The first-order valence-corrected chi connectivity index (χ1v) is 8.71. The predicted octanol–water partition coefficient (Wildman–Crippen LogP) is 3.77.